The Balaban J connectivity index is 2.15. The van der Waals surface area contributed by atoms with Gasteiger partial charge < -0.3 is 5.32 Å². The number of alkyl halides is 1. The van der Waals surface area contributed by atoms with Crippen molar-refractivity contribution in [2.45, 2.75) is 6.42 Å². The lowest BCUT2D eigenvalue weighted by Crippen LogP contribution is -2.15. The lowest BCUT2D eigenvalue weighted by molar-refractivity contribution is 0.101. The van der Waals surface area contributed by atoms with E-state index in [1.54, 1.807) is 12.1 Å². The molecular weight excluding hydrogens is 328 g/mol. The van der Waals surface area contributed by atoms with E-state index < -0.39 is 23.1 Å². The molecule has 104 valence electrons. The minimum absolute atomic E-state index is 0.496. The molecule has 1 amide bonds. The maximum Gasteiger partial charge on any atom is 0.261 e. The van der Waals surface area contributed by atoms with Crippen LogP contribution in [0.15, 0.2) is 42.5 Å². The number of hydrogen-bond donors (Lipinski definition) is 1. The van der Waals surface area contributed by atoms with Crippen LogP contribution in [0.5, 0.6) is 0 Å². The number of aryl methyl sites for hydroxylation is 1. The summed E-state index contributed by atoms with van der Waals surface area (Å²) in [6.07, 6.45) is 0.871. The van der Waals surface area contributed by atoms with Crippen LogP contribution in [0.4, 0.5) is 14.5 Å². The Labute approximate surface area is 123 Å². The van der Waals surface area contributed by atoms with E-state index in [1.807, 2.05) is 12.1 Å². The standard InChI is InChI=1S/C15H12BrF2NO/c16-9-8-10-4-6-11(7-5-10)19-15(20)14-12(17)2-1-3-13(14)18/h1-7H,8-9H2,(H,19,20). The third-order valence-corrected chi connectivity index (χ3v) is 3.18. The van der Waals surface area contributed by atoms with E-state index in [1.165, 1.54) is 6.07 Å². The van der Waals surface area contributed by atoms with Crippen LogP contribution in [0.1, 0.15) is 15.9 Å². The molecule has 20 heavy (non-hydrogen) atoms. The van der Waals surface area contributed by atoms with Crippen molar-refractivity contribution in [1.82, 2.24) is 0 Å². The van der Waals surface area contributed by atoms with Gasteiger partial charge in [-0.25, -0.2) is 8.78 Å². The van der Waals surface area contributed by atoms with Gasteiger partial charge in [-0.3, -0.25) is 4.79 Å². The predicted molar refractivity (Wildman–Crippen MR) is 78.3 cm³/mol. The molecule has 0 aliphatic rings. The molecule has 0 saturated heterocycles. The van der Waals surface area contributed by atoms with Crippen molar-refractivity contribution in [1.29, 1.82) is 0 Å². The minimum atomic E-state index is -0.876. The van der Waals surface area contributed by atoms with Gasteiger partial charge in [-0.1, -0.05) is 34.1 Å². The van der Waals surface area contributed by atoms with Gasteiger partial charge in [-0.05, 0) is 36.2 Å². The van der Waals surface area contributed by atoms with Crippen molar-refractivity contribution >= 4 is 27.5 Å². The van der Waals surface area contributed by atoms with Gasteiger partial charge in [0.25, 0.3) is 5.91 Å². The fraction of sp³-hybridized carbons (Fsp3) is 0.133. The van der Waals surface area contributed by atoms with Crippen LogP contribution in [0, 0.1) is 11.6 Å². The Bertz CT molecular complexity index is 594. The summed E-state index contributed by atoms with van der Waals surface area (Å²) in [5.74, 6) is -2.55. The third kappa shape index (κ3) is 3.42. The maximum atomic E-state index is 13.5. The molecule has 2 nitrogen and oxygen atoms in total. The molecule has 0 spiro atoms. The molecule has 0 heterocycles. The largest absolute Gasteiger partial charge is 0.322 e. The first kappa shape index (κ1) is 14.7. The predicted octanol–water partition coefficient (Wildman–Crippen LogP) is 4.15. The highest BCUT2D eigenvalue weighted by Gasteiger charge is 2.16. The van der Waals surface area contributed by atoms with Crippen molar-refractivity contribution in [2.24, 2.45) is 0 Å². The summed E-state index contributed by atoms with van der Waals surface area (Å²) in [4.78, 5) is 11.9. The number of carbonyl (C=O) groups is 1. The highest BCUT2D eigenvalue weighted by atomic mass is 79.9. The highest BCUT2D eigenvalue weighted by molar-refractivity contribution is 9.09. The van der Waals surface area contributed by atoms with Crippen molar-refractivity contribution in [3.8, 4) is 0 Å². The summed E-state index contributed by atoms with van der Waals surface area (Å²) >= 11 is 3.34. The molecule has 0 aliphatic heterocycles. The first-order chi connectivity index (χ1) is 9.61. The number of nitrogens with one attached hydrogen (secondary N) is 1. The average Bonchev–Trinajstić information content (AvgIpc) is 2.41. The Morgan fingerprint density at radius 1 is 1.05 bits per heavy atom. The zero-order valence-corrected chi connectivity index (χ0v) is 12.1. The summed E-state index contributed by atoms with van der Waals surface area (Å²) in [7, 11) is 0. The van der Waals surface area contributed by atoms with Crippen LogP contribution < -0.4 is 5.32 Å². The number of rotatable bonds is 4. The highest BCUT2D eigenvalue weighted by Crippen LogP contribution is 2.16. The topological polar surface area (TPSA) is 29.1 Å². The van der Waals surface area contributed by atoms with Crippen molar-refractivity contribution < 1.29 is 13.6 Å². The normalized spacial score (nSPS) is 10.3. The molecule has 0 radical (unpaired) electrons. The SMILES string of the molecule is O=C(Nc1ccc(CCBr)cc1)c1c(F)cccc1F. The Morgan fingerprint density at radius 2 is 1.65 bits per heavy atom. The van der Waals surface area contributed by atoms with Crippen molar-refractivity contribution in [3.63, 3.8) is 0 Å². The Kier molecular flexibility index (Phi) is 4.84. The lowest BCUT2D eigenvalue weighted by Gasteiger charge is -2.07. The van der Waals surface area contributed by atoms with Crippen LogP contribution in [0.25, 0.3) is 0 Å². The molecule has 0 atom stereocenters. The monoisotopic (exact) mass is 339 g/mol. The minimum Gasteiger partial charge on any atom is -0.322 e. The average molecular weight is 340 g/mol. The van der Waals surface area contributed by atoms with Gasteiger partial charge in [-0.2, -0.15) is 0 Å². The number of carbonyl (C=O) groups excluding carboxylic acids is 1. The van der Waals surface area contributed by atoms with E-state index in [2.05, 4.69) is 21.2 Å². The molecule has 0 bridgehead atoms. The third-order valence-electron chi connectivity index (χ3n) is 2.78. The molecule has 0 aliphatic carbocycles. The number of hydrogen-bond acceptors (Lipinski definition) is 1. The molecule has 1 N–H and O–H groups in total. The van der Waals surface area contributed by atoms with E-state index in [9.17, 15) is 13.6 Å². The lowest BCUT2D eigenvalue weighted by atomic mass is 10.1. The molecular formula is C15H12BrF2NO. The zero-order chi connectivity index (χ0) is 14.5. The second kappa shape index (κ2) is 6.61. The number of anilines is 1. The number of amides is 1. The number of benzene rings is 2. The van der Waals surface area contributed by atoms with Gasteiger partial charge in [0.15, 0.2) is 0 Å². The summed E-state index contributed by atoms with van der Waals surface area (Å²) in [5, 5.41) is 3.32. The van der Waals surface area contributed by atoms with E-state index >= 15 is 0 Å². The fourth-order valence-electron chi connectivity index (χ4n) is 1.77. The molecule has 0 aromatic heterocycles. The van der Waals surface area contributed by atoms with Gasteiger partial charge in [-0.15, -0.1) is 0 Å². The van der Waals surface area contributed by atoms with Gasteiger partial charge in [0.1, 0.15) is 17.2 Å². The molecule has 2 aromatic rings. The number of halogens is 3. The second-order valence-corrected chi connectivity index (χ2v) is 4.98. The van der Waals surface area contributed by atoms with Crippen molar-refractivity contribution in [3.05, 3.63) is 65.2 Å². The van der Waals surface area contributed by atoms with Gasteiger partial charge in [0, 0.05) is 11.0 Å². The first-order valence-corrected chi connectivity index (χ1v) is 7.14. The molecule has 0 fully saturated rings. The first-order valence-electron chi connectivity index (χ1n) is 6.02. The van der Waals surface area contributed by atoms with Crippen molar-refractivity contribution in [2.75, 3.05) is 10.6 Å². The van der Waals surface area contributed by atoms with Crippen LogP contribution in [-0.2, 0) is 6.42 Å². The quantitative estimate of drug-likeness (QED) is 0.833. The van der Waals surface area contributed by atoms with E-state index in [0.29, 0.717) is 5.69 Å². The Morgan fingerprint density at radius 3 is 2.20 bits per heavy atom. The maximum absolute atomic E-state index is 13.5. The van der Waals surface area contributed by atoms with E-state index in [0.717, 1.165) is 29.4 Å². The summed E-state index contributed by atoms with van der Waals surface area (Å²) in [5.41, 5.74) is 1.03. The fourth-order valence-corrected chi connectivity index (χ4v) is 2.23. The van der Waals surface area contributed by atoms with Gasteiger partial charge in [0.05, 0.1) is 0 Å². The second-order valence-electron chi connectivity index (χ2n) is 4.19. The molecule has 0 unspecified atom stereocenters. The van der Waals surface area contributed by atoms with Gasteiger partial charge in [0.2, 0.25) is 0 Å². The van der Waals surface area contributed by atoms with Crippen LogP contribution in [0.2, 0.25) is 0 Å². The van der Waals surface area contributed by atoms with Crippen LogP contribution in [-0.4, -0.2) is 11.2 Å². The van der Waals surface area contributed by atoms with Gasteiger partial charge >= 0.3 is 0 Å². The van der Waals surface area contributed by atoms with E-state index in [-0.39, 0.29) is 0 Å². The molecule has 2 aromatic carbocycles. The Hall–Kier alpha value is -1.75. The summed E-state index contributed by atoms with van der Waals surface area (Å²) in [6, 6.07) is 10.4. The summed E-state index contributed by atoms with van der Waals surface area (Å²) in [6.45, 7) is 0. The smallest absolute Gasteiger partial charge is 0.261 e. The molecule has 2 rings (SSSR count). The van der Waals surface area contributed by atoms with Crippen LogP contribution in [0.3, 0.4) is 0 Å². The van der Waals surface area contributed by atoms with Crippen LogP contribution >= 0.6 is 15.9 Å². The van der Waals surface area contributed by atoms with E-state index in [4.69, 9.17) is 0 Å². The zero-order valence-electron chi connectivity index (χ0n) is 10.5. The summed E-state index contributed by atoms with van der Waals surface area (Å²) < 4.78 is 26.9. The molecule has 5 heteroatoms. The molecule has 0 saturated carbocycles.